The van der Waals surface area contributed by atoms with Gasteiger partial charge in [0.25, 0.3) is 0 Å². The predicted octanol–water partition coefficient (Wildman–Crippen LogP) is 1.51. The molecule has 3 unspecified atom stereocenters. The Kier molecular flexibility index (Phi) is 3.49. The Morgan fingerprint density at radius 2 is 2.20 bits per heavy atom. The number of rotatable bonds is 2. The number of carbonyl (C=O) groups excluding carboxylic acids is 1. The third-order valence-electron chi connectivity index (χ3n) is 4.46. The van der Waals surface area contributed by atoms with Crippen molar-refractivity contribution in [2.75, 3.05) is 18.8 Å². The lowest BCUT2D eigenvalue weighted by atomic mass is 10.00. The van der Waals surface area contributed by atoms with E-state index in [9.17, 15) is 9.90 Å². The number of aliphatic hydroxyl groups excluding tert-OH is 1. The number of carbonyl (C=O) groups is 1. The molecule has 3 rings (SSSR count). The number of aliphatic hydroxyl groups is 1. The van der Waals surface area contributed by atoms with Gasteiger partial charge in [0.05, 0.1) is 6.10 Å². The third kappa shape index (κ3) is 2.56. The van der Waals surface area contributed by atoms with Gasteiger partial charge >= 0.3 is 0 Å². The molecule has 1 aliphatic carbocycles. The van der Waals surface area contributed by atoms with Crippen LogP contribution in [-0.4, -0.2) is 35.1 Å². The van der Waals surface area contributed by atoms with Crippen molar-refractivity contribution in [3.63, 3.8) is 0 Å². The molecule has 4 nitrogen and oxygen atoms in total. The van der Waals surface area contributed by atoms with Crippen molar-refractivity contribution in [1.29, 1.82) is 0 Å². The molecule has 2 aliphatic rings. The van der Waals surface area contributed by atoms with Crippen LogP contribution in [0.3, 0.4) is 0 Å². The van der Waals surface area contributed by atoms with Crippen LogP contribution in [0.25, 0.3) is 6.08 Å². The second-order valence-corrected chi connectivity index (χ2v) is 5.82. The van der Waals surface area contributed by atoms with Crippen molar-refractivity contribution >= 4 is 17.7 Å². The number of hydrogen-bond acceptors (Lipinski definition) is 3. The number of benzene rings is 1. The summed E-state index contributed by atoms with van der Waals surface area (Å²) in [7, 11) is 0. The molecule has 1 aromatic rings. The molecule has 4 heteroatoms. The molecule has 0 bridgehead atoms. The Morgan fingerprint density at radius 1 is 1.35 bits per heavy atom. The minimum atomic E-state index is -0.226. The van der Waals surface area contributed by atoms with Crippen LogP contribution in [0.5, 0.6) is 0 Å². The zero-order chi connectivity index (χ0) is 14.1. The van der Waals surface area contributed by atoms with E-state index in [2.05, 4.69) is 0 Å². The molecule has 3 atom stereocenters. The maximum absolute atomic E-state index is 12.2. The number of nitrogens with zero attached hydrogens (tertiary/aromatic N) is 1. The van der Waals surface area contributed by atoms with E-state index in [1.54, 1.807) is 12.2 Å². The number of amides is 1. The summed E-state index contributed by atoms with van der Waals surface area (Å²) < 4.78 is 0. The lowest BCUT2D eigenvalue weighted by Gasteiger charge is -2.16. The molecule has 1 saturated heterocycles. The highest BCUT2D eigenvalue weighted by molar-refractivity contribution is 5.92. The summed E-state index contributed by atoms with van der Waals surface area (Å²) in [6.07, 6.45) is 5.09. The lowest BCUT2D eigenvalue weighted by molar-refractivity contribution is -0.125. The normalized spacial score (nSPS) is 29.1. The highest BCUT2D eigenvalue weighted by atomic mass is 16.3. The van der Waals surface area contributed by atoms with Gasteiger partial charge in [-0.25, -0.2) is 0 Å². The van der Waals surface area contributed by atoms with E-state index < -0.39 is 0 Å². The molecular formula is C16H20N2O2. The number of nitrogens with two attached hydrogens (primary N) is 1. The minimum Gasteiger partial charge on any atom is -0.399 e. The Morgan fingerprint density at radius 3 is 2.95 bits per heavy atom. The second-order valence-electron chi connectivity index (χ2n) is 5.82. The fourth-order valence-electron chi connectivity index (χ4n) is 3.35. The molecule has 0 radical (unpaired) electrons. The van der Waals surface area contributed by atoms with Gasteiger partial charge in [-0.2, -0.15) is 0 Å². The number of hydrogen-bond donors (Lipinski definition) is 2. The van der Waals surface area contributed by atoms with E-state index >= 15 is 0 Å². The van der Waals surface area contributed by atoms with E-state index in [-0.39, 0.29) is 17.9 Å². The average Bonchev–Trinajstić information content (AvgIpc) is 2.99. The van der Waals surface area contributed by atoms with Crippen LogP contribution in [0.4, 0.5) is 5.69 Å². The average molecular weight is 272 g/mol. The summed E-state index contributed by atoms with van der Waals surface area (Å²) in [5, 5.41) is 9.87. The monoisotopic (exact) mass is 272 g/mol. The summed E-state index contributed by atoms with van der Waals surface area (Å²) in [6, 6.07) is 7.45. The number of fused-ring (bicyclic) bond motifs is 1. The summed E-state index contributed by atoms with van der Waals surface area (Å²) in [6.45, 7) is 1.47. The minimum absolute atomic E-state index is 0.0222. The van der Waals surface area contributed by atoms with Gasteiger partial charge in [0.1, 0.15) is 0 Å². The first-order valence-electron chi connectivity index (χ1n) is 7.14. The highest BCUT2D eigenvalue weighted by Crippen LogP contribution is 2.38. The van der Waals surface area contributed by atoms with Crippen molar-refractivity contribution < 1.29 is 9.90 Å². The van der Waals surface area contributed by atoms with Crippen molar-refractivity contribution in [2.24, 2.45) is 11.8 Å². The molecule has 1 aliphatic heterocycles. The van der Waals surface area contributed by atoms with Gasteiger partial charge in [0.15, 0.2) is 0 Å². The van der Waals surface area contributed by atoms with Crippen molar-refractivity contribution in [1.82, 2.24) is 4.90 Å². The lowest BCUT2D eigenvalue weighted by Crippen LogP contribution is -2.29. The standard InChI is InChI=1S/C16H20N2O2/c17-13-3-1-2-11(8-13)4-7-16(20)18-9-12-5-6-15(19)14(12)10-18/h1-4,7-8,12,14-15,19H,5-6,9-10,17H2/b7-4+. The molecule has 1 saturated carbocycles. The van der Waals surface area contributed by atoms with Crippen LogP contribution in [-0.2, 0) is 4.79 Å². The van der Waals surface area contributed by atoms with E-state index in [1.165, 1.54) is 0 Å². The molecule has 0 aromatic heterocycles. The van der Waals surface area contributed by atoms with Crippen LogP contribution in [0.2, 0.25) is 0 Å². The van der Waals surface area contributed by atoms with Gasteiger partial charge in [-0.3, -0.25) is 4.79 Å². The van der Waals surface area contributed by atoms with Crippen LogP contribution < -0.4 is 5.73 Å². The van der Waals surface area contributed by atoms with Gasteiger partial charge in [-0.15, -0.1) is 0 Å². The first kappa shape index (κ1) is 13.2. The van der Waals surface area contributed by atoms with Gasteiger partial charge in [-0.05, 0) is 42.5 Å². The SMILES string of the molecule is Nc1cccc(/C=C/C(=O)N2CC3CCC(O)C3C2)c1. The van der Waals surface area contributed by atoms with Crippen LogP contribution in [0.1, 0.15) is 18.4 Å². The molecule has 1 heterocycles. The molecule has 1 aromatic carbocycles. The number of likely N-dealkylation sites (tertiary alicyclic amines) is 1. The van der Waals surface area contributed by atoms with Crippen molar-refractivity contribution in [3.8, 4) is 0 Å². The Bertz CT molecular complexity index is 541. The van der Waals surface area contributed by atoms with E-state index in [0.717, 1.165) is 24.9 Å². The molecule has 106 valence electrons. The Balaban J connectivity index is 1.63. The summed E-state index contributed by atoms with van der Waals surface area (Å²) in [5.41, 5.74) is 7.33. The fraction of sp³-hybridized carbons (Fsp3) is 0.438. The van der Waals surface area contributed by atoms with Gasteiger partial charge in [0, 0.05) is 30.8 Å². The van der Waals surface area contributed by atoms with Gasteiger partial charge in [-0.1, -0.05) is 12.1 Å². The molecule has 1 amide bonds. The summed E-state index contributed by atoms with van der Waals surface area (Å²) in [5.74, 6) is 0.781. The van der Waals surface area contributed by atoms with Crippen LogP contribution in [0.15, 0.2) is 30.3 Å². The first-order valence-corrected chi connectivity index (χ1v) is 7.14. The van der Waals surface area contributed by atoms with Crippen LogP contribution >= 0.6 is 0 Å². The smallest absolute Gasteiger partial charge is 0.246 e. The van der Waals surface area contributed by atoms with Gasteiger partial charge < -0.3 is 15.7 Å². The van der Waals surface area contributed by atoms with Crippen molar-refractivity contribution in [3.05, 3.63) is 35.9 Å². The first-order chi connectivity index (χ1) is 9.63. The van der Waals surface area contributed by atoms with Crippen LogP contribution in [0, 0.1) is 11.8 Å². The van der Waals surface area contributed by atoms with Gasteiger partial charge in [0.2, 0.25) is 5.91 Å². The highest BCUT2D eigenvalue weighted by Gasteiger charge is 2.42. The quantitative estimate of drug-likeness (QED) is 0.633. The zero-order valence-electron chi connectivity index (χ0n) is 11.4. The zero-order valence-corrected chi connectivity index (χ0v) is 11.4. The molecule has 20 heavy (non-hydrogen) atoms. The largest absolute Gasteiger partial charge is 0.399 e. The maximum Gasteiger partial charge on any atom is 0.246 e. The molecule has 2 fully saturated rings. The van der Waals surface area contributed by atoms with Crippen molar-refractivity contribution in [2.45, 2.75) is 18.9 Å². The number of nitrogen functional groups attached to an aromatic ring is 1. The molecular weight excluding hydrogens is 252 g/mol. The van der Waals surface area contributed by atoms with E-state index in [4.69, 9.17) is 5.73 Å². The van der Waals surface area contributed by atoms with E-state index in [0.29, 0.717) is 18.2 Å². The summed E-state index contributed by atoms with van der Waals surface area (Å²) in [4.78, 5) is 14.0. The molecule has 3 N–H and O–H groups in total. The number of anilines is 1. The fourth-order valence-corrected chi connectivity index (χ4v) is 3.35. The predicted molar refractivity (Wildman–Crippen MR) is 78.7 cm³/mol. The van der Waals surface area contributed by atoms with E-state index in [1.807, 2.05) is 29.2 Å². The summed E-state index contributed by atoms with van der Waals surface area (Å²) >= 11 is 0. The third-order valence-corrected chi connectivity index (χ3v) is 4.46. The Labute approximate surface area is 118 Å². The second kappa shape index (κ2) is 5.29. The topological polar surface area (TPSA) is 66.6 Å². The maximum atomic E-state index is 12.2. The molecule has 0 spiro atoms. The Hall–Kier alpha value is -1.81.